The Labute approximate surface area is 124 Å². The third-order valence-electron chi connectivity index (χ3n) is 3.99. The molecular weight excluding hydrogens is 268 g/mol. The third-order valence-corrected chi connectivity index (χ3v) is 3.99. The zero-order valence-corrected chi connectivity index (χ0v) is 12.4. The van der Waals surface area contributed by atoms with Gasteiger partial charge in [0.1, 0.15) is 11.6 Å². The summed E-state index contributed by atoms with van der Waals surface area (Å²) in [6, 6.07) is 5.89. The topological polar surface area (TPSA) is 64.6 Å². The van der Waals surface area contributed by atoms with Crippen LogP contribution in [-0.2, 0) is 6.54 Å². The molecule has 3 rings (SSSR count). The van der Waals surface area contributed by atoms with Gasteiger partial charge in [0.15, 0.2) is 0 Å². The maximum Gasteiger partial charge on any atom is 0.121 e. The molecule has 1 aromatic heterocycles. The highest BCUT2D eigenvalue weighted by molar-refractivity contribution is 5.76. The molecule has 0 bridgehead atoms. The fourth-order valence-corrected chi connectivity index (χ4v) is 2.77. The molecule has 0 radical (unpaired) electrons. The highest BCUT2D eigenvalue weighted by atomic mass is 16.5. The fraction of sp³-hybridized carbons (Fsp3) is 0.533. The first-order valence-corrected chi connectivity index (χ1v) is 7.36. The number of hydrogen-bond acceptors (Lipinski definition) is 5. The Bertz CT molecular complexity index is 590. The molecule has 0 amide bonds. The molecule has 0 atom stereocenters. The second-order valence-corrected chi connectivity index (χ2v) is 5.41. The van der Waals surface area contributed by atoms with Crippen LogP contribution in [0.15, 0.2) is 18.2 Å². The summed E-state index contributed by atoms with van der Waals surface area (Å²) in [6.07, 6.45) is 0. The Hall–Kier alpha value is -1.63. The van der Waals surface area contributed by atoms with E-state index in [2.05, 4.69) is 19.8 Å². The van der Waals surface area contributed by atoms with Crippen molar-refractivity contribution in [2.24, 2.45) is 0 Å². The molecule has 0 unspecified atom stereocenters. The highest BCUT2D eigenvalue weighted by Gasteiger charge is 2.17. The molecule has 1 fully saturated rings. The number of hydrogen-bond donors (Lipinski definition) is 2. The maximum atomic E-state index is 8.96. The van der Waals surface area contributed by atoms with Crippen molar-refractivity contribution in [2.45, 2.75) is 6.54 Å². The van der Waals surface area contributed by atoms with E-state index in [1.165, 1.54) is 0 Å². The molecule has 6 nitrogen and oxygen atoms in total. The number of fused-ring (bicyclic) bond motifs is 1. The summed E-state index contributed by atoms with van der Waals surface area (Å²) in [5.41, 5.74) is 1.99. The van der Waals surface area contributed by atoms with Crippen LogP contribution in [0.5, 0.6) is 5.75 Å². The van der Waals surface area contributed by atoms with Crippen LogP contribution < -0.4 is 4.74 Å². The van der Waals surface area contributed by atoms with Crippen LogP contribution in [0, 0.1) is 0 Å². The lowest BCUT2D eigenvalue weighted by Crippen LogP contribution is -2.46. The van der Waals surface area contributed by atoms with E-state index >= 15 is 0 Å². The SMILES string of the molecule is COc1ccc2nc(CN3CCN(CCO)CC3)[nH]c2c1. The molecule has 114 valence electrons. The molecule has 0 saturated carbocycles. The highest BCUT2D eigenvalue weighted by Crippen LogP contribution is 2.19. The van der Waals surface area contributed by atoms with Gasteiger partial charge in [-0.25, -0.2) is 4.98 Å². The molecule has 1 aliphatic heterocycles. The molecule has 1 aliphatic rings. The Morgan fingerprint density at radius 1 is 1.24 bits per heavy atom. The van der Waals surface area contributed by atoms with Gasteiger partial charge in [-0.3, -0.25) is 9.80 Å². The van der Waals surface area contributed by atoms with Crippen molar-refractivity contribution in [2.75, 3.05) is 46.4 Å². The van der Waals surface area contributed by atoms with E-state index < -0.39 is 0 Å². The molecular formula is C15H22N4O2. The second-order valence-electron chi connectivity index (χ2n) is 5.41. The molecule has 1 aromatic carbocycles. The summed E-state index contributed by atoms with van der Waals surface area (Å²) in [5, 5.41) is 8.96. The van der Waals surface area contributed by atoms with E-state index in [9.17, 15) is 0 Å². The lowest BCUT2D eigenvalue weighted by molar-refractivity contribution is 0.107. The van der Waals surface area contributed by atoms with Crippen molar-refractivity contribution in [1.82, 2.24) is 19.8 Å². The standard InChI is InChI=1S/C15H22N4O2/c1-21-12-2-3-13-14(10-12)17-15(16-13)11-19-6-4-18(5-7-19)8-9-20/h2-3,10,20H,4-9,11H2,1H3,(H,16,17). The summed E-state index contributed by atoms with van der Waals surface area (Å²) < 4.78 is 5.23. The van der Waals surface area contributed by atoms with E-state index in [4.69, 9.17) is 9.84 Å². The average Bonchev–Trinajstić information content (AvgIpc) is 2.90. The summed E-state index contributed by atoms with van der Waals surface area (Å²) in [6.45, 7) is 5.90. The van der Waals surface area contributed by atoms with Crippen molar-refractivity contribution in [1.29, 1.82) is 0 Å². The number of aromatic amines is 1. The number of nitrogens with one attached hydrogen (secondary N) is 1. The van der Waals surface area contributed by atoms with Crippen molar-refractivity contribution >= 4 is 11.0 Å². The summed E-state index contributed by atoms with van der Waals surface area (Å²) in [5.74, 6) is 1.84. The summed E-state index contributed by atoms with van der Waals surface area (Å²) in [4.78, 5) is 12.7. The van der Waals surface area contributed by atoms with Crippen LogP contribution >= 0.6 is 0 Å². The van der Waals surface area contributed by atoms with Crippen molar-refractivity contribution in [3.63, 3.8) is 0 Å². The first-order valence-electron chi connectivity index (χ1n) is 7.36. The van der Waals surface area contributed by atoms with E-state index in [-0.39, 0.29) is 6.61 Å². The number of H-pyrrole nitrogens is 1. The number of piperazine rings is 1. The number of β-amino-alcohol motifs (C(OH)–C–C–N with tert-alkyl or cyclic N) is 1. The van der Waals surface area contributed by atoms with Gasteiger partial charge in [-0.15, -0.1) is 0 Å². The van der Waals surface area contributed by atoms with E-state index in [1.54, 1.807) is 7.11 Å². The van der Waals surface area contributed by atoms with Crippen LogP contribution in [0.4, 0.5) is 0 Å². The quantitative estimate of drug-likeness (QED) is 0.848. The van der Waals surface area contributed by atoms with Crippen molar-refractivity contribution < 1.29 is 9.84 Å². The maximum absolute atomic E-state index is 8.96. The van der Waals surface area contributed by atoms with Crippen LogP contribution in [0.25, 0.3) is 11.0 Å². The van der Waals surface area contributed by atoms with Crippen LogP contribution in [0.2, 0.25) is 0 Å². The van der Waals surface area contributed by atoms with Gasteiger partial charge in [0.05, 0.1) is 31.3 Å². The second kappa shape index (κ2) is 6.43. The lowest BCUT2D eigenvalue weighted by atomic mass is 10.3. The van der Waals surface area contributed by atoms with Crippen molar-refractivity contribution in [3.05, 3.63) is 24.0 Å². The Morgan fingerprint density at radius 3 is 2.71 bits per heavy atom. The number of benzene rings is 1. The Kier molecular flexibility index (Phi) is 4.38. The van der Waals surface area contributed by atoms with Gasteiger partial charge in [0, 0.05) is 38.8 Å². The Balaban J connectivity index is 1.63. The number of methoxy groups -OCH3 is 1. The number of ether oxygens (including phenoxy) is 1. The minimum atomic E-state index is 0.241. The zero-order chi connectivity index (χ0) is 14.7. The summed E-state index contributed by atoms with van der Waals surface area (Å²) in [7, 11) is 1.67. The van der Waals surface area contributed by atoms with E-state index in [0.29, 0.717) is 0 Å². The van der Waals surface area contributed by atoms with Gasteiger partial charge in [-0.05, 0) is 12.1 Å². The van der Waals surface area contributed by atoms with Gasteiger partial charge in [0.2, 0.25) is 0 Å². The largest absolute Gasteiger partial charge is 0.497 e. The van der Waals surface area contributed by atoms with Crippen LogP contribution in [-0.4, -0.2) is 71.3 Å². The molecule has 1 saturated heterocycles. The van der Waals surface area contributed by atoms with Crippen molar-refractivity contribution in [3.8, 4) is 5.75 Å². The number of aliphatic hydroxyl groups is 1. The molecule has 2 N–H and O–H groups in total. The first kappa shape index (κ1) is 14.3. The number of nitrogens with zero attached hydrogens (tertiary/aromatic N) is 3. The molecule has 0 aliphatic carbocycles. The van der Waals surface area contributed by atoms with E-state index in [0.717, 1.165) is 61.9 Å². The monoisotopic (exact) mass is 290 g/mol. The predicted molar refractivity (Wildman–Crippen MR) is 81.4 cm³/mol. The number of aliphatic hydroxyl groups excluding tert-OH is 1. The predicted octanol–water partition coefficient (Wildman–Crippen LogP) is 0.681. The minimum absolute atomic E-state index is 0.241. The molecule has 2 aromatic rings. The smallest absolute Gasteiger partial charge is 0.121 e. The molecule has 0 spiro atoms. The lowest BCUT2D eigenvalue weighted by Gasteiger charge is -2.33. The third kappa shape index (κ3) is 3.34. The van der Waals surface area contributed by atoms with Gasteiger partial charge in [-0.1, -0.05) is 0 Å². The average molecular weight is 290 g/mol. The number of rotatable bonds is 5. The molecule has 6 heteroatoms. The van der Waals surface area contributed by atoms with Gasteiger partial charge >= 0.3 is 0 Å². The Morgan fingerprint density at radius 2 is 2.00 bits per heavy atom. The molecule has 21 heavy (non-hydrogen) atoms. The number of imidazole rings is 1. The normalized spacial score (nSPS) is 17.4. The molecule has 2 heterocycles. The van der Waals surface area contributed by atoms with Gasteiger partial charge < -0.3 is 14.8 Å². The first-order chi connectivity index (χ1) is 10.3. The summed E-state index contributed by atoms with van der Waals surface area (Å²) >= 11 is 0. The van der Waals surface area contributed by atoms with Gasteiger partial charge in [0.25, 0.3) is 0 Å². The van der Waals surface area contributed by atoms with E-state index in [1.807, 2.05) is 18.2 Å². The zero-order valence-electron chi connectivity index (χ0n) is 12.4. The minimum Gasteiger partial charge on any atom is -0.497 e. The van der Waals surface area contributed by atoms with Crippen LogP contribution in [0.3, 0.4) is 0 Å². The van der Waals surface area contributed by atoms with Crippen LogP contribution in [0.1, 0.15) is 5.82 Å². The fourth-order valence-electron chi connectivity index (χ4n) is 2.77. The number of aromatic nitrogens is 2. The van der Waals surface area contributed by atoms with Gasteiger partial charge in [-0.2, -0.15) is 0 Å².